The van der Waals surface area contributed by atoms with E-state index in [4.69, 9.17) is 0 Å². The Labute approximate surface area is 111 Å². The van der Waals surface area contributed by atoms with Gasteiger partial charge in [0.15, 0.2) is 5.78 Å². The van der Waals surface area contributed by atoms with Gasteiger partial charge in [0.1, 0.15) is 0 Å². The zero-order chi connectivity index (χ0) is 12.9. The van der Waals surface area contributed by atoms with Gasteiger partial charge in [-0.25, -0.2) is 0 Å². The number of hydrogen-bond acceptors (Lipinski definition) is 3. The Hall–Kier alpha value is -2.01. The van der Waals surface area contributed by atoms with Crippen molar-refractivity contribution < 1.29 is 9.72 Å². The molecule has 0 saturated carbocycles. The quantitative estimate of drug-likeness (QED) is 0.510. The topological polar surface area (TPSA) is 60.2 Å². The normalized spacial score (nSPS) is 12.2. The van der Waals surface area contributed by atoms with Gasteiger partial charge in [-0.05, 0) is 35.4 Å². The first-order valence-electron chi connectivity index (χ1n) is 5.21. The molecule has 3 rings (SSSR count). The number of nitro benzene ring substituents is 1. The van der Waals surface area contributed by atoms with Crippen LogP contribution in [0.25, 0.3) is 11.1 Å². The summed E-state index contributed by atoms with van der Waals surface area (Å²) in [6.07, 6.45) is 0. The molecule has 0 atom stereocenters. The van der Waals surface area contributed by atoms with Crippen molar-refractivity contribution in [3.63, 3.8) is 0 Å². The summed E-state index contributed by atoms with van der Waals surface area (Å²) >= 11 is 3.35. The van der Waals surface area contributed by atoms with E-state index in [1.165, 1.54) is 12.1 Å². The Morgan fingerprint density at radius 3 is 2.39 bits per heavy atom. The Morgan fingerprint density at radius 1 is 0.944 bits per heavy atom. The second-order valence-corrected chi connectivity index (χ2v) is 4.92. The minimum Gasteiger partial charge on any atom is -0.289 e. The standard InChI is InChI=1S/C13H6BrNO3/c14-7-1-3-10-11(5-7)9-4-2-8(15(17)18)6-12(9)13(10)16/h1-6H. The van der Waals surface area contributed by atoms with Gasteiger partial charge in [0.05, 0.1) is 4.92 Å². The number of carbonyl (C=O) groups excluding carboxylic acids is 1. The Balaban J connectivity index is 2.27. The van der Waals surface area contributed by atoms with Gasteiger partial charge in [-0.2, -0.15) is 0 Å². The second-order valence-electron chi connectivity index (χ2n) is 4.01. The molecule has 0 bridgehead atoms. The first-order valence-corrected chi connectivity index (χ1v) is 6.00. The fraction of sp³-hybridized carbons (Fsp3) is 0. The number of hydrogen-bond donors (Lipinski definition) is 0. The van der Waals surface area contributed by atoms with Crippen LogP contribution in [-0.2, 0) is 0 Å². The predicted molar refractivity (Wildman–Crippen MR) is 69.7 cm³/mol. The van der Waals surface area contributed by atoms with E-state index in [1.807, 2.05) is 6.07 Å². The second kappa shape index (κ2) is 3.74. The van der Waals surface area contributed by atoms with Gasteiger partial charge >= 0.3 is 0 Å². The molecule has 0 N–H and O–H groups in total. The summed E-state index contributed by atoms with van der Waals surface area (Å²) in [5, 5.41) is 10.7. The number of non-ortho nitro benzene ring substituents is 1. The van der Waals surface area contributed by atoms with E-state index in [-0.39, 0.29) is 11.5 Å². The maximum Gasteiger partial charge on any atom is 0.270 e. The van der Waals surface area contributed by atoms with Gasteiger partial charge in [-0.1, -0.05) is 15.9 Å². The lowest BCUT2D eigenvalue weighted by atomic mass is 10.1. The summed E-state index contributed by atoms with van der Waals surface area (Å²) in [6.45, 7) is 0. The maximum absolute atomic E-state index is 12.1. The molecule has 5 heteroatoms. The highest BCUT2D eigenvalue weighted by Crippen LogP contribution is 2.39. The third kappa shape index (κ3) is 1.48. The number of halogens is 1. The summed E-state index contributed by atoms with van der Waals surface area (Å²) in [5.74, 6) is -0.156. The Morgan fingerprint density at radius 2 is 1.67 bits per heavy atom. The Kier molecular flexibility index (Phi) is 2.31. The van der Waals surface area contributed by atoms with Crippen LogP contribution in [0, 0.1) is 10.1 Å². The SMILES string of the molecule is O=C1c2cc([N+](=O)[O-])ccc2-c2cc(Br)ccc21. The number of ketones is 1. The molecule has 0 radical (unpaired) electrons. The van der Waals surface area contributed by atoms with Crippen LogP contribution in [0.1, 0.15) is 15.9 Å². The van der Waals surface area contributed by atoms with Crippen molar-refractivity contribution in [3.05, 3.63) is 62.1 Å². The molecule has 1 aliphatic carbocycles. The average Bonchev–Trinajstić information content (AvgIpc) is 2.62. The molecule has 0 aliphatic heterocycles. The van der Waals surface area contributed by atoms with Gasteiger partial charge in [0, 0.05) is 27.7 Å². The van der Waals surface area contributed by atoms with Gasteiger partial charge in [0.25, 0.3) is 5.69 Å². The van der Waals surface area contributed by atoms with E-state index in [0.29, 0.717) is 11.1 Å². The molecule has 2 aromatic carbocycles. The predicted octanol–water partition coefficient (Wildman–Crippen LogP) is 3.57. The fourth-order valence-corrected chi connectivity index (χ4v) is 2.51. The van der Waals surface area contributed by atoms with E-state index >= 15 is 0 Å². The lowest BCUT2D eigenvalue weighted by Gasteiger charge is -1.99. The summed E-state index contributed by atoms with van der Waals surface area (Å²) < 4.78 is 0.875. The molecular formula is C13H6BrNO3. The highest BCUT2D eigenvalue weighted by molar-refractivity contribution is 9.10. The van der Waals surface area contributed by atoms with E-state index in [1.54, 1.807) is 18.2 Å². The minimum absolute atomic E-state index is 0.0611. The molecule has 0 unspecified atom stereocenters. The lowest BCUT2D eigenvalue weighted by molar-refractivity contribution is -0.384. The maximum atomic E-state index is 12.1. The molecule has 0 fully saturated rings. The number of nitrogens with zero attached hydrogens (tertiary/aromatic N) is 1. The zero-order valence-corrected chi connectivity index (χ0v) is 10.6. The molecule has 1 aliphatic rings. The van der Waals surface area contributed by atoms with Crippen molar-refractivity contribution in [2.24, 2.45) is 0 Å². The first kappa shape index (κ1) is 11.1. The van der Waals surface area contributed by atoms with Crippen LogP contribution in [0.4, 0.5) is 5.69 Å². The molecular weight excluding hydrogens is 298 g/mol. The van der Waals surface area contributed by atoms with Crippen molar-refractivity contribution in [1.82, 2.24) is 0 Å². The van der Waals surface area contributed by atoms with Gasteiger partial charge < -0.3 is 0 Å². The summed E-state index contributed by atoms with van der Waals surface area (Å²) in [5.41, 5.74) is 2.50. The van der Waals surface area contributed by atoms with E-state index < -0.39 is 4.92 Å². The van der Waals surface area contributed by atoms with Crippen LogP contribution >= 0.6 is 15.9 Å². The van der Waals surface area contributed by atoms with Crippen LogP contribution in [0.2, 0.25) is 0 Å². The van der Waals surface area contributed by atoms with Gasteiger partial charge in [-0.3, -0.25) is 14.9 Å². The van der Waals surface area contributed by atoms with Crippen molar-refractivity contribution >= 4 is 27.4 Å². The number of rotatable bonds is 1. The molecule has 4 nitrogen and oxygen atoms in total. The van der Waals surface area contributed by atoms with E-state index in [0.717, 1.165) is 15.6 Å². The number of carbonyl (C=O) groups is 1. The molecule has 2 aromatic rings. The number of benzene rings is 2. The molecule has 0 aromatic heterocycles. The highest BCUT2D eigenvalue weighted by Gasteiger charge is 2.28. The summed E-state index contributed by atoms with van der Waals surface area (Å²) in [6, 6.07) is 9.76. The summed E-state index contributed by atoms with van der Waals surface area (Å²) in [4.78, 5) is 22.4. The lowest BCUT2D eigenvalue weighted by Crippen LogP contribution is -1.96. The fourth-order valence-electron chi connectivity index (χ4n) is 2.15. The van der Waals surface area contributed by atoms with Crippen LogP contribution in [0.15, 0.2) is 40.9 Å². The molecule has 0 saturated heterocycles. The average molecular weight is 304 g/mol. The van der Waals surface area contributed by atoms with Gasteiger partial charge in [0.2, 0.25) is 0 Å². The molecule has 0 amide bonds. The third-order valence-corrected chi connectivity index (χ3v) is 3.47. The number of fused-ring (bicyclic) bond motifs is 3. The van der Waals surface area contributed by atoms with E-state index in [2.05, 4.69) is 15.9 Å². The van der Waals surface area contributed by atoms with Crippen LogP contribution in [-0.4, -0.2) is 10.7 Å². The van der Waals surface area contributed by atoms with Crippen molar-refractivity contribution in [2.45, 2.75) is 0 Å². The zero-order valence-electron chi connectivity index (χ0n) is 9.01. The van der Waals surface area contributed by atoms with Crippen molar-refractivity contribution in [3.8, 4) is 11.1 Å². The van der Waals surface area contributed by atoms with Crippen molar-refractivity contribution in [2.75, 3.05) is 0 Å². The molecule has 88 valence electrons. The van der Waals surface area contributed by atoms with Crippen LogP contribution in [0.3, 0.4) is 0 Å². The molecule has 0 heterocycles. The van der Waals surface area contributed by atoms with Crippen LogP contribution < -0.4 is 0 Å². The smallest absolute Gasteiger partial charge is 0.270 e. The van der Waals surface area contributed by atoms with Gasteiger partial charge in [-0.15, -0.1) is 0 Å². The summed E-state index contributed by atoms with van der Waals surface area (Å²) in [7, 11) is 0. The largest absolute Gasteiger partial charge is 0.289 e. The van der Waals surface area contributed by atoms with E-state index in [9.17, 15) is 14.9 Å². The monoisotopic (exact) mass is 303 g/mol. The van der Waals surface area contributed by atoms with Crippen LogP contribution in [0.5, 0.6) is 0 Å². The van der Waals surface area contributed by atoms with Crippen molar-refractivity contribution in [1.29, 1.82) is 0 Å². The Bertz CT molecular complexity index is 709. The number of nitro groups is 1. The minimum atomic E-state index is -0.494. The third-order valence-electron chi connectivity index (χ3n) is 2.98. The first-order chi connectivity index (χ1) is 8.58. The highest BCUT2D eigenvalue weighted by atomic mass is 79.9. The molecule has 18 heavy (non-hydrogen) atoms. The molecule has 0 spiro atoms.